The van der Waals surface area contributed by atoms with Gasteiger partial charge < -0.3 is 38.8 Å². The van der Waals surface area contributed by atoms with Gasteiger partial charge in [-0.05, 0) is 48.6 Å². The van der Waals surface area contributed by atoms with Crippen molar-refractivity contribution in [3.63, 3.8) is 0 Å². The van der Waals surface area contributed by atoms with Crippen molar-refractivity contribution in [2.45, 2.75) is 56.1 Å². The highest BCUT2D eigenvalue weighted by Gasteiger charge is 2.44. The lowest BCUT2D eigenvalue weighted by Gasteiger charge is -2.31. The summed E-state index contributed by atoms with van der Waals surface area (Å²) < 4.78 is 116. The first-order chi connectivity index (χ1) is 24.3. The molecule has 5 atom stereocenters. The Hall–Kier alpha value is -4.23. The van der Waals surface area contributed by atoms with E-state index in [1.165, 1.54) is 42.5 Å². The van der Waals surface area contributed by atoms with E-state index < -0.39 is 76.5 Å². The summed E-state index contributed by atoms with van der Waals surface area (Å²) in [4.78, 5) is 16.1. The molecule has 6 rings (SSSR count). The second kappa shape index (κ2) is 15.2. The summed E-state index contributed by atoms with van der Waals surface area (Å²) in [7, 11) is -4.19. The highest BCUT2D eigenvalue weighted by Crippen LogP contribution is 2.36. The van der Waals surface area contributed by atoms with Crippen molar-refractivity contribution < 1.29 is 64.3 Å². The number of sulfonamides is 1. The number of ether oxygens (including phenoxy) is 6. The van der Waals surface area contributed by atoms with Crippen LogP contribution in [0, 0.1) is 35.2 Å². The maximum absolute atomic E-state index is 14.1. The van der Waals surface area contributed by atoms with Crippen molar-refractivity contribution in [2.24, 2.45) is 11.8 Å². The van der Waals surface area contributed by atoms with Crippen molar-refractivity contribution in [3.05, 3.63) is 71.4 Å². The first-order valence-electron chi connectivity index (χ1n) is 16.0. The molecule has 0 saturated carbocycles. The highest BCUT2D eigenvalue weighted by molar-refractivity contribution is 7.89. The van der Waals surface area contributed by atoms with E-state index in [1.807, 2.05) is 13.8 Å². The zero-order valence-electron chi connectivity index (χ0n) is 27.4. The number of hydrogen-bond donors (Lipinski definition) is 2. The number of hydrogen-bond acceptors (Lipinski definition) is 11. The fourth-order valence-corrected chi connectivity index (χ4v) is 7.59. The number of aliphatic hydroxyl groups excluding tert-OH is 1. The summed E-state index contributed by atoms with van der Waals surface area (Å²) in [6.45, 7) is 3.73. The van der Waals surface area contributed by atoms with Gasteiger partial charge in [-0.25, -0.2) is 17.6 Å². The van der Waals surface area contributed by atoms with Gasteiger partial charge in [-0.1, -0.05) is 26.0 Å². The molecule has 0 aliphatic carbocycles. The fraction of sp³-hybridized carbons (Fsp3) is 0.455. The zero-order chi connectivity index (χ0) is 36.4. The normalized spacial score (nSPS) is 20.8. The van der Waals surface area contributed by atoms with Crippen molar-refractivity contribution in [1.29, 1.82) is 0 Å². The average molecular weight is 742 g/mol. The van der Waals surface area contributed by atoms with E-state index in [4.69, 9.17) is 28.4 Å². The standard InChI is InChI=1S/C33H35F4N3O10S/c1-17(2)13-40(51(43,44)20-7-8-24-25(12-20)48-16-47-24)14-23(41)22(38-33(42)50-26-15-46-32-21(26)9-10-45-32)11-18-3-5-19(6-4-18)49-31-29(36)27(34)28(35)30(37)39-31/h3-8,12,17,21-23,26,32,41H,9-11,13-16H2,1-2H3,(H,38,42)/t21-,22-,23-,26-,32+/m0/s1. The molecule has 0 radical (unpaired) electrons. The number of aromatic nitrogens is 1. The second-order valence-electron chi connectivity index (χ2n) is 12.6. The van der Waals surface area contributed by atoms with Crippen LogP contribution in [0.2, 0.25) is 0 Å². The summed E-state index contributed by atoms with van der Waals surface area (Å²) in [6, 6.07) is 8.57. The predicted molar refractivity (Wildman–Crippen MR) is 167 cm³/mol. The average Bonchev–Trinajstić information content (AvgIpc) is 3.85. The van der Waals surface area contributed by atoms with Crippen LogP contribution in [0.5, 0.6) is 23.1 Å². The lowest BCUT2D eigenvalue weighted by atomic mass is 10.0. The van der Waals surface area contributed by atoms with Crippen molar-refractivity contribution in [2.75, 3.05) is 33.1 Å². The van der Waals surface area contributed by atoms with Gasteiger partial charge in [0.15, 0.2) is 17.8 Å². The number of aliphatic hydroxyl groups is 1. The lowest BCUT2D eigenvalue weighted by molar-refractivity contribution is -0.0907. The number of nitrogens with zero attached hydrogens (tertiary/aromatic N) is 2. The van der Waals surface area contributed by atoms with Gasteiger partial charge in [0.2, 0.25) is 34.3 Å². The Morgan fingerprint density at radius 1 is 1.02 bits per heavy atom. The molecule has 3 aliphatic heterocycles. The molecule has 13 nitrogen and oxygen atoms in total. The molecule has 3 aliphatic rings. The molecule has 3 aromatic rings. The molecule has 0 unspecified atom stereocenters. The molecule has 2 fully saturated rings. The van der Waals surface area contributed by atoms with Crippen LogP contribution in [0.3, 0.4) is 0 Å². The van der Waals surface area contributed by atoms with Gasteiger partial charge in [0, 0.05) is 19.2 Å². The van der Waals surface area contributed by atoms with E-state index in [0.717, 1.165) is 4.31 Å². The molecule has 1 aromatic heterocycles. The number of benzene rings is 2. The molecule has 2 N–H and O–H groups in total. The monoisotopic (exact) mass is 741 g/mol. The Bertz CT molecular complexity index is 1850. The summed E-state index contributed by atoms with van der Waals surface area (Å²) in [5.74, 6) is -8.80. The van der Waals surface area contributed by atoms with E-state index in [2.05, 4.69) is 10.3 Å². The van der Waals surface area contributed by atoms with Crippen LogP contribution < -0.4 is 19.5 Å². The van der Waals surface area contributed by atoms with E-state index in [1.54, 1.807) is 0 Å². The summed E-state index contributed by atoms with van der Waals surface area (Å²) in [6.07, 6.45) is -2.90. The highest BCUT2D eigenvalue weighted by atomic mass is 32.2. The number of amides is 1. The van der Waals surface area contributed by atoms with Crippen LogP contribution in [-0.2, 0) is 30.7 Å². The first-order valence-corrected chi connectivity index (χ1v) is 17.5. The van der Waals surface area contributed by atoms with Crippen LogP contribution in [-0.4, -0.2) is 86.5 Å². The van der Waals surface area contributed by atoms with Gasteiger partial charge in [-0.15, -0.1) is 0 Å². The van der Waals surface area contributed by atoms with E-state index in [-0.39, 0.29) is 54.6 Å². The van der Waals surface area contributed by atoms with Crippen molar-refractivity contribution in [1.82, 2.24) is 14.6 Å². The third kappa shape index (κ3) is 8.14. The quantitative estimate of drug-likeness (QED) is 0.191. The Labute approximate surface area is 290 Å². The molecule has 2 saturated heterocycles. The number of rotatable bonds is 13. The van der Waals surface area contributed by atoms with Crippen molar-refractivity contribution in [3.8, 4) is 23.1 Å². The molecule has 51 heavy (non-hydrogen) atoms. The number of alkyl carbamates (subject to hydrolysis) is 1. The van der Waals surface area contributed by atoms with Crippen molar-refractivity contribution >= 4 is 16.1 Å². The van der Waals surface area contributed by atoms with Gasteiger partial charge in [0.05, 0.1) is 36.2 Å². The molecular formula is C33H35F4N3O10S. The minimum absolute atomic E-state index is 0.0225. The SMILES string of the molecule is CC(C)CN(C[C@H](O)[C@H](Cc1ccc(Oc2nc(F)c(F)c(F)c2F)cc1)NC(=O)O[C@H]1CO[C@H]2OCC[C@H]21)S(=O)(=O)c1ccc2c(c1)OCO2. The van der Waals surface area contributed by atoms with E-state index in [9.17, 15) is 35.9 Å². The molecule has 18 heteroatoms. The molecule has 2 aromatic carbocycles. The first kappa shape index (κ1) is 36.6. The predicted octanol–water partition coefficient (Wildman–Crippen LogP) is 4.27. The number of fused-ring (bicyclic) bond motifs is 2. The third-order valence-electron chi connectivity index (χ3n) is 8.50. The third-order valence-corrected chi connectivity index (χ3v) is 10.3. The Morgan fingerprint density at radius 3 is 2.51 bits per heavy atom. The molecular weight excluding hydrogens is 706 g/mol. The molecule has 0 bridgehead atoms. The zero-order valence-corrected chi connectivity index (χ0v) is 28.2. The Kier molecular flexibility index (Phi) is 10.9. The van der Waals surface area contributed by atoms with Gasteiger partial charge in [-0.2, -0.15) is 22.5 Å². The minimum atomic E-state index is -4.19. The van der Waals surface area contributed by atoms with Crippen LogP contribution >= 0.6 is 0 Å². The molecule has 276 valence electrons. The summed E-state index contributed by atoms with van der Waals surface area (Å²) in [5.41, 5.74) is 0.471. The van der Waals surface area contributed by atoms with Crippen LogP contribution in [0.25, 0.3) is 0 Å². The second-order valence-corrected chi connectivity index (χ2v) is 14.6. The van der Waals surface area contributed by atoms with Gasteiger partial charge in [-0.3, -0.25) is 0 Å². The van der Waals surface area contributed by atoms with E-state index in [0.29, 0.717) is 24.3 Å². The molecule has 4 heterocycles. The number of halogens is 4. The summed E-state index contributed by atoms with van der Waals surface area (Å²) in [5, 5.41) is 14.3. The van der Waals surface area contributed by atoms with E-state index >= 15 is 0 Å². The molecule has 1 amide bonds. The maximum Gasteiger partial charge on any atom is 0.407 e. The number of nitrogens with one attached hydrogen (secondary N) is 1. The van der Waals surface area contributed by atoms with Crippen LogP contribution in [0.15, 0.2) is 47.4 Å². The largest absolute Gasteiger partial charge is 0.454 e. The van der Waals surface area contributed by atoms with Gasteiger partial charge >= 0.3 is 6.09 Å². The fourth-order valence-electron chi connectivity index (χ4n) is 5.95. The maximum atomic E-state index is 14.1. The Morgan fingerprint density at radius 2 is 1.76 bits per heavy atom. The topological polar surface area (TPSA) is 155 Å². The Balaban J connectivity index is 1.21. The number of carbonyl (C=O) groups is 1. The number of carbonyl (C=O) groups excluding carboxylic acids is 1. The lowest BCUT2D eigenvalue weighted by Crippen LogP contribution is -2.51. The van der Waals surface area contributed by atoms with Crippen LogP contribution in [0.4, 0.5) is 22.4 Å². The number of pyridine rings is 1. The van der Waals surface area contributed by atoms with Gasteiger partial charge in [0.25, 0.3) is 11.8 Å². The minimum Gasteiger partial charge on any atom is -0.454 e. The van der Waals surface area contributed by atoms with Crippen LogP contribution in [0.1, 0.15) is 25.8 Å². The molecule has 0 spiro atoms. The summed E-state index contributed by atoms with van der Waals surface area (Å²) >= 11 is 0. The van der Waals surface area contributed by atoms with Gasteiger partial charge in [0.1, 0.15) is 11.9 Å². The smallest absolute Gasteiger partial charge is 0.407 e.